The van der Waals surface area contributed by atoms with Crippen LogP contribution in [0.4, 0.5) is 21.2 Å². The molecule has 1 aliphatic heterocycles. The first-order valence-electron chi connectivity index (χ1n) is 14.7. The highest BCUT2D eigenvalue weighted by molar-refractivity contribution is 5.88. The monoisotopic (exact) mass is 590 g/mol. The number of rotatable bonds is 7. The smallest absolute Gasteiger partial charge is 0.416 e. The van der Waals surface area contributed by atoms with E-state index in [1.54, 1.807) is 10.6 Å². The summed E-state index contributed by atoms with van der Waals surface area (Å²) in [6.45, 7) is 8.43. The Bertz CT molecular complexity index is 1670. The van der Waals surface area contributed by atoms with Crippen molar-refractivity contribution in [3.05, 3.63) is 53.6 Å². The van der Waals surface area contributed by atoms with Crippen molar-refractivity contribution in [2.45, 2.75) is 71.1 Å². The number of pyridine rings is 1. The van der Waals surface area contributed by atoms with Crippen molar-refractivity contribution in [1.29, 1.82) is 0 Å². The first-order chi connectivity index (χ1) is 20.5. The zero-order valence-electron chi connectivity index (χ0n) is 24.9. The Morgan fingerprint density at radius 1 is 1.19 bits per heavy atom. The molecule has 3 N–H and O–H groups in total. The maximum atomic E-state index is 13.8. The van der Waals surface area contributed by atoms with Gasteiger partial charge in [-0.1, -0.05) is 6.07 Å². The number of amides is 2. The lowest BCUT2D eigenvalue weighted by Gasteiger charge is -2.34. The summed E-state index contributed by atoms with van der Waals surface area (Å²) in [4.78, 5) is 37.6. The molecule has 5 heterocycles. The third kappa shape index (κ3) is 6.07. The van der Waals surface area contributed by atoms with Gasteiger partial charge in [-0.3, -0.25) is 4.90 Å². The van der Waals surface area contributed by atoms with E-state index in [1.165, 1.54) is 9.80 Å². The van der Waals surface area contributed by atoms with Crippen molar-refractivity contribution in [1.82, 2.24) is 28.9 Å². The Morgan fingerprint density at radius 2 is 1.98 bits per heavy atom. The lowest BCUT2D eigenvalue weighted by Crippen LogP contribution is -2.47. The van der Waals surface area contributed by atoms with Gasteiger partial charge >= 0.3 is 12.2 Å². The molecule has 0 spiro atoms. The van der Waals surface area contributed by atoms with E-state index in [2.05, 4.69) is 10.4 Å². The molecule has 4 aromatic rings. The van der Waals surface area contributed by atoms with Crippen LogP contribution < -0.4 is 10.2 Å². The number of nitrogens with zero attached hydrogens (tertiary/aromatic N) is 7. The number of anilines is 2. The largest absolute Gasteiger partial charge is 0.465 e. The van der Waals surface area contributed by atoms with Crippen LogP contribution in [0.25, 0.3) is 11.3 Å². The number of aryl methyl sites for hydroxylation is 1. The summed E-state index contributed by atoms with van der Waals surface area (Å²) in [5.41, 5.74) is 3.46. The second-order valence-electron chi connectivity index (χ2n) is 12.6. The number of piperidine rings is 1. The van der Waals surface area contributed by atoms with Gasteiger partial charge in [-0.2, -0.15) is 9.61 Å². The van der Waals surface area contributed by atoms with Crippen LogP contribution in [0.1, 0.15) is 62.8 Å². The number of aromatic nitrogens is 5. The summed E-state index contributed by atoms with van der Waals surface area (Å²) in [7, 11) is 0. The summed E-state index contributed by atoms with van der Waals surface area (Å²) in [6, 6.07) is 5.71. The summed E-state index contributed by atoms with van der Waals surface area (Å²) < 4.78 is 9.49. The average molecular weight is 591 g/mol. The van der Waals surface area contributed by atoms with E-state index in [0.717, 1.165) is 29.6 Å². The fraction of sp³-hybridized carbons (Fsp3) is 0.500. The minimum absolute atomic E-state index is 0.0682. The third-order valence-electron chi connectivity index (χ3n) is 7.97. The predicted molar refractivity (Wildman–Crippen MR) is 160 cm³/mol. The predicted octanol–water partition coefficient (Wildman–Crippen LogP) is 4.28. The molecule has 6 rings (SSSR count). The van der Waals surface area contributed by atoms with E-state index >= 15 is 0 Å². The molecule has 2 aliphatic rings. The number of hydrogen-bond acceptors (Lipinski definition) is 8. The van der Waals surface area contributed by atoms with E-state index in [9.17, 15) is 19.8 Å². The zero-order valence-corrected chi connectivity index (χ0v) is 24.9. The molecule has 0 bridgehead atoms. The number of carbonyl (C=O) groups is 2. The van der Waals surface area contributed by atoms with Crippen molar-refractivity contribution in [2.75, 3.05) is 29.9 Å². The first kappa shape index (κ1) is 28.7. The highest BCUT2D eigenvalue weighted by Crippen LogP contribution is 2.42. The zero-order chi connectivity index (χ0) is 30.5. The van der Waals surface area contributed by atoms with Crippen LogP contribution in [-0.2, 0) is 11.3 Å². The van der Waals surface area contributed by atoms with Crippen LogP contribution in [0.5, 0.6) is 0 Å². The van der Waals surface area contributed by atoms with Crippen LogP contribution >= 0.6 is 0 Å². The highest BCUT2D eigenvalue weighted by atomic mass is 16.6. The molecule has 4 aromatic heterocycles. The Morgan fingerprint density at radius 3 is 2.65 bits per heavy atom. The molecule has 2 unspecified atom stereocenters. The molecule has 13 heteroatoms. The van der Waals surface area contributed by atoms with Crippen LogP contribution in [0, 0.1) is 12.8 Å². The van der Waals surface area contributed by atoms with E-state index < -0.39 is 23.9 Å². The summed E-state index contributed by atoms with van der Waals surface area (Å²) in [6.07, 6.45) is 5.91. The van der Waals surface area contributed by atoms with E-state index in [0.29, 0.717) is 48.4 Å². The van der Waals surface area contributed by atoms with Gasteiger partial charge in [0.15, 0.2) is 5.65 Å². The van der Waals surface area contributed by atoms with Crippen LogP contribution in [0.3, 0.4) is 0 Å². The molecule has 0 aromatic carbocycles. The Labute approximate surface area is 249 Å². The number of aliphatic hydroxyl groups excluding tert-OH is 1. The average Bonchev–Trinajstić information content (AvgIpc) is 3.54. The number of aliphatic hydroxyl groups is 1. The van der Waals surface area contributed by atoms with Crippen LogP contribution in [-0.4, -0.2) is 82.6 Å². The molecule has 2 fully saturated rings. The first-order valence-corrected chi connectivity index (χ1v) is 14.7. The van der Waals surface area contributed by atoms with E-state index in [-0.39, 0.29) is 19.0 Å². The van der Waals surface area contributed by atoms with Crippen molar-refractivity contribution < 1.29 is 24.5 Å². The minimum Gasteiger partial charge on any atom is -0.465 e. The van der Waals surface area contributed by atoms with Gasteiger partial charge in [-0.15, -0.1) is 0 Å². The Balaban J connectivity index is 1.36. The number of hydrogen-bond donors (Lipinski definition) is 3. The normalized spacial score (nSPS) is 19.1. The van der Waals surface area contributed by atoms with Gasteiger partial charge in [0, 0.05) is 43.0 Å². The summed E-state index contributed by atoms with van der Waals surface area (Å²) >= 11 is 0. The molecule has 1 aliphatic carbocycles. The fourth-order valence-corrected chi connectivity index (χ4v) is 5.56. The highest BCUT2D eigenvalue weighted by Gasteiger charge is 2.33. The Hall–Kier alpha value is -4.39. The standard InChI is InChI=1S/C30H38N8O5/c1-18-6-5-10-35-15-21(33-26(18)35)16-37(29(42)43-30(2,3)4)25-12-24(34-27-22(19-7-8-19)14-32-38(25)27)31-13-20-9-11-36(28(40)41)17-23(20)39/h5-6,10,12,14-15,19-20,23,39H,7-9,11,13,16-17H2,1-4H3,(H,31,34)(H,40,41). The van der Waals surface area contributed by atoms with Crippen molar-refractivity contribution in [3.8, 4) is 0 Å². The second-order valence-corrected chi connectivity index (χ2v) is 12.6. The minimum atomic E-state index is -1.03. The van der Waals surface area contributed by atoms with Crippen molar-refractivity contribution in [2.24, 2.45) is 5.92 Å². The number of likely N-dealkylation sites (tertiary alicyclic amines) is 1. The maximum absolute atomic E-state index is 13.8. The quantitative estimate of drug-likeness (QED) is 0.287. The van der Waals surface area contributed by atoms with Crippen LogP contribution in [0.15, 0.2) is 36.8 Å². The van der Waals surface area contributed by atoms with E-state index in [1.807, 2.05) is 62.8 Å². The van der Waals surface area contributed by atoms with Crippen molar-refractivity contribution in [3.63, 3.8) is 0 Å². The van der Waals surface area contributed by atoms with Gasteiger partial charge in [0.1, 0.15) is 22.9 Å². The number of carbonyl (C=O) groups excluding carboxylic acids is 1. The number of nitrogens with one attached hydrogen (secondary N) is 1. The molecular weight excluding hydrogens is 552 g/mol. The molecule has 228 valence electrons. The number of ether oxygens (including phenoxy) is 1. The third-order valence-corrected chi connectivity index (χ3v) is 7.97. The lowest BCUT2D eigenvalue weighted by atomic mass is 9.94. The summed E-state index contributed by atoms with van der Waals surface area (Å²) in [5.74, 6) is 1.21. The molecule has 13 nitrogen and oxygen atoms in total. The van der Waals surface area contributed by atoms with Gasteiger partial charge in [-0.25, -0.2) is 19.6 Å². The fourth-order valence-electron chi connectivity index (χ4n) is 5.56. The van der Waals surface area contributed by atoms with Gasteiger partial charge in [0.2, 0.25) is 0 Å². The SMILES string of the molecule is Cc1cccn2cc(CN(C(=O)OC(C)(C)C)c3cc(NCC4CCN(C(=O)O)CC4O)nc4c(C5CC5)cnn34)nc12. The molecular formula is C30H38N8O5. The Kier molecular flexibility index (Phi) is 7.36. The summed E-state index contributed by atoms with van der Waals surface area (Å²) in [5, 5.41) is 27.9. The molecule has 1 saturated heterocycles. The number of fused-ring (bicyclic) bond motifs is 2. The van der Waals surface area contributed by atoms with Crippen molar-refractivity contribution >= 4 is 35.1 Å². The topological polar surface area (TPSA) is 150 Å². The molecule has 43 heavy (non-hydrogen) atoms. The second kappa shape index (κ2) is 11.0. The van der Waals surface area contributed by atoms with Gasteiger partial charge in [-0.05, 0) is 64.5 Å². The molecule has 2 amide bonds. The maximum Gasteiger partial charge on any atom is 0.416 e. The van der Waals surface area contributed by atoms with Crippen LogP contribution in [0.2, 0.25) is 0 Å². The van der Waals surface area contributed by atoms with E-state index in [4.69, 9.17) is 14.7 Å². The van der Waals surface area contributed by atoms with Gasteiger partial charge < -0.3 is 29.6 Å². The number of imidazole rings is 1. The number of β-amino-alcohol motifs (C(OH)–C–C–N with tert-alkyl or cyclic N) is 1. The molecule has 0 radical (unpaired) electrons. The number of carboxylic acid groups (broad SMARTS) is 1. The van der Waals surface area contributed by atoms with Gasteiger partial charge in [0.25, 0.3) is 0 Å². The van der Waals surface area contributed by atoms with Gasteiger partial charge in [0.05, 0.1) is 31.1 Å². The molecule has 2 atom stereocenters. The molecule has 1 saturated carbocycles. The lowest BCUT2D eigenvalue weighted by molar-refractivity contribution is 0.0294.